The Morgan fingerprint density at radius 2 is 1.91 bits per heavy atom. The number of rotatable bonds is 3. The number of ether oxygens (including phenoxy) is 1. The summed E-state index contributed by atoms with van der Waals surface area (Å²) < 4.78 is 47.5. The molecule has 1 aliphatic carbocycles. The fourth-order valence-corrected chi connectivity index (χ4v) is 7.20. The second-order valence-electron chi connectivity index (χ2n) is 9.93. The van der Waals surface area contributed by atoms with E-state index >= 15 is 0 Å². The largest absolute Gasteiger partial charge is 0.497 e. The SMILES string of the molecule is COc1ccc(F)c(S(=O)(=O)N2CCC3(CC2)C2=C(N=NC2)NC2=C3C(=O)CC(C)(C)C2)c1. The lowest BCUT2D eigenvalue weighted by Crippen LogP contribution is -2.50. The third kappa shape index (κ3) is 3.42. The van der Waals surface area contributed by atoms with Crippen molar-refractivity contribution in [1.82, 2.24) is 9.62 Å². The van der Waals surface area contributed by atoms with Crippen molar-refractivity contribution < 1.29 is 22.3 Å². The molecule has 0 aromatic heterocycles. The van der Waals surface area contributed by atoms with Crippen molar-refractivity contribution in [2.75, 3.05) is 26.7 Å². The van der Waals surface area contributed by atoms with Crippen LogP contribution in [-0.2, 0) is 14.8 Å². The van der Waals surface area contributed by atoms with Crippen molar-refractivity contribution in [3.05, 3.63) is 46.7 Å². The fraction of sp³-hybridized carbons (Fsp3) is 0.522. The summed E-state index contributed by atoms with van der Waals surface area (Å²) in [7, 11) is -2.66. The molecule has 0 saturated carbocycles. The predicted octanol–water partition coefficient (Wildman–Crippen LogP) is 3.53. The summed E-state index contributed by atoms with van der Waals surface area (Å²) in [5.74, 6) is 0.249. The third-order valence-corrected chi connectivity index (χ3v) is 9.13. The number of ketones is 1. The van der Waals surface area contributed by atoms with Gasteiger partial charge in [0.15, 0.2) is 11.6 Å². The van der Waals surface area contributed by atoms with Crippen LogP contribution in [0.1, 0.15) is 39.5 Å². The molecule has 3 heterocycles. The average Bonchev–Trinajstić information content (AvgIpc) is 3.22. The molecule has 176 valence electrons. The van der Waals surface area contributed by atoms with E-state index in [-0.39, 0.29) is 30.0 Å². The van der Waals surface area contributed by atoms with Crippen LogP contribution in [0.4, 0.5) is 4.39 Å². The number of methoxy groups -OCH3 is 1. The number of piperidine rings is 1. The molecule has 5 rings (SSSR count). The highest BCUT2D eigenvalue weighted by atomic mass is 32.2. The number of fused-ring (bicyclic) bond motifs is 2. The Morgan fingerprint density at radius 3 is 2.61 bits per heavy atom. The molecule has 10 heteroatoms. The molecular formula is C23H27FN4O4S. The second-order valence-corrected chi connectivity index (χ2v) is 11.8. The maximum Gasteiger partial charge on any atom is 0.246 e. The van der Waals surface area contributed by atoms with E-state index in [1.54, 1.807) is 0 Å². The number of nitrogens with one attached hydrogen (secondary N) is 1. The zero-order chi connectivity index (χ0) is 23.6. The first-order valence-corrected chi connectivity index (χ1v) is 12.5. The molecule has 0 amide bonds. The van der Waals surface area contributed by atoms with Gasteiger partial charge in [0, 0.05) is 47.8 Å². The van der Waals surface area contributed by atoms with Gasteiger partial charge < -0.3 is 10.1 Å². The number of Topliss-reactive ketones (excluding diaryl/α,β-unsaturated/α-hetero) is 1. The van der Waals surface area contributed by atoms with E-state index in [1.165, 1.54) is 23.5 Å². The van der Waals surface area contributed by atoms with E-state index in [2.05, 4.69) is 29.4 Å². The maximum atomic E-state index is 14.5. The normalized spacial score (nSPS) is 24.1. The van der Waals surface area contributed by atoms with Gasteiger partial charge in [-0.1, -0.05) is 13.8 Å². The molecule has 1 N–H and O–H groups in total. The van der Waals surface area contributed by atoms with Crippen LogP contribution in [0, 0.1) is 16.6 Å². The van der Waals surface area contributed by atoms with Crippen LogP contribution in [0.2, 0.25) is 0 Å². The topological polar surface area (TPSA) is 100 Å². The molecule has 8 nitrogen and oxygen atoms in total. The number of hydrogen-bond acceptors (Lipinski definition) is 7. The monoisotopic (exact) mass is 474 g/mol. The van der Waals surface area contributed by atoms with Crippen molar-refractivity contribution in [2.24, 2.45) is 21.1 Å². The first-order chi connectivity index (χ1) is 15.6. The van der Waals surface area contributed by atoms with Gasteiger partial charge in [-0.25, -0.2) is 12.8 Å². The summed E-state index contributed by atoms with van der Waals surface area (Å²) in [5.41, 5.74) is 1.85. The van der Waals surface area contributed by atoms with Gasteiger partial charge >= 0.3 is 0 Å². The third-order valence-electron chi connectivity index (χ3n) is 7.22. The van der Waals surface area contributed by atoms with E-state index < -0.39 is 26.2 Å². The zero-order valence-corrected chi connectivity index (χ0v) is 19.8. The molecule has 0 bridgehead atoms. The maximum absolute atomic E-state index is 14.5. The molecule has 1 aromatic carbocycles. The van der Waals surface area contributed by atoms with E-state index in [0.29, 0.717) is 31.6 Å². The molecule has 3 aliphatic heterocycles. The Hall–Kier alpha value is -2.59. The first kappa shape index (κ1) is 22.2. The van der Waals surface area contributed by atoms with Crippen LogP contribution in [0.3, 0.4) is 0 Å². The Labute approximate surface area is 192 Å². The van der Waals surface area contributed by atoms with Crippen LogP contribution in [0.15, 0.2) is 56.0 Å². The number of nitrogens with zero attached hydrogens (tertiary/aromatic N) is 3. The summed E-state index contributed by atoms with van der Waals surface area (Å²) >= 11 is 0. The van der Waals surface area contributed by atoms with E-state index in [1.807, 2.05) is 0 Å². The number of allylic oxidation sites excluding steroid dienone is 2. The van der Waals surface area contributed by atoms with Gasteiger partial charge in [0.1, 0.15) is 16.5 Å². The smallest absolute Gasteiger partial charge is 0.246 e. The molecule has 1 spiro atoms. The molecule has 0 atom stereocenters. The molecular weight excluding hydrogens is 447 g/mol. The molecule has 1 saturated heterocycles. The molecule has 33 heavy (non-hydrogen) atoms. The van der Waals surface area contributed by atoms with Crippen molar-refractivity contribution in [1.29, 1.82) is 0 Å². The second kappa shape index (κ2) is 7.46. The van der Waals surface area contributed by atoms with Crippen LogP contribution in [-0.4, -0.2) is 45.3 Å². The highest BCUT2D eigenvalue weighted by molar-refractivity contribution is 7.89. The van der Waals surface area contributed by atoms with Crippen LogP contribution in [0.25, 0.3) is 0 Å². The van der Waals surface area contributed by atoms with Gasteiger partial charge in [-0.05, 0) is 36.8 Å². The number of halogens is 1. The van der Waals surface area contributed by atoms with Gasteiger partial charge in [0.2, 0.25) is 10.0 Å². The number of dihydropyridines is 1. The van der Waals surface area contributed by atoms with Crippen LogP contribution < -0.4 is 10.1 Å². The van der Waals surface area contributed by atoms with Gasteiger partial charge in [-0.15, -0.1) is 5.11 Å². The van der Waals surface area contributed by atoms with Crippen molar-refractivity contribution in [2.45, 2.75) is 44.4 Å². The number of azo groups is 1. The zero-order valence-electron chi connectivity index (χ0n) is 18.9. The van der Waals surface area contributed by atoms with Crippen molar-refractivity contribution in [3.63, 3.8) is 0 Å². The lowest BCUT2D eigenvalue weighted by Gasteiger charge is -2.48. The number of hydrogen-bond donors (Lipinski definition) is 1. The number of carbonyl (C=O) groups is 1. The minimum absolute atomic E-state index is 0.0994. The number of carbonyl (C=O) groups excluding carboxylic acids is 1. The quantitative estimate of drug-likeness (QED) is 0.722. The van der Waals surface area contributed by atoms with E-state index in [4.69, 9.17) is 4.74 Å². The molecule has 0 unspecified atom stereocenters. The Kier molecular flexibility index (Phi) is 5.02. The van der Waals surface area contributed by atoms with E-state index in [9.17, 15) is 17.6 Å². The minimum atomic E-state index is -4.07. The Balaban J connectivity index is 1.49. The molecule has 1 fully saturated rings. The predicted molar refractivity (Wildman–Crippen MR) is 118 cm³/mol. The lowest BCUT2D eigenvalue weighted by molar-refractivity contribution is -0.119. The summed E-state index contributed by atoms with van der Waals surface area (Å²) in [5, 5.41) is 11.8. The van der Waals surface area contributed by atoms with Crippen molar-refractivity contribution >= 4 is 15.8 Å². The van der Waals surface area contributed by atoms with Crippen molar-refractivity contribution in [3.8, 4) is 5.75 Å². The first-order valence-electron chi connectivity index (χ1n) is 11.1. The highest BCUT2D eigenvalue weighted by Gasteiger charge is 2.53. The molecule has 4 aliphatic rings. The summed E-state index contributed by atoms with van der Waals surface area (Å²) in [6.07, 6.45) is 2.02. The van der Waals surface area contributed by atoms with Gasteiger partial charge in [-0.2, -0.15) is 9.42 Å². The minimum Gasteiger partial charge on any atom is -0.497 e. The number of sulfonamides is 1. The summed E-state index contributed by atoms with van der Waals surface area (Å²) in [6, 6.07) is 3.70. The van der Waals surface area contributed by atoms with Gasteiger partial charge in [-0.3, -0.25) is 4.79 Å². The van der Waals surface area contributed by atoms with Crippen LogP contribution >= 0.6 is 0 Å². The lowest BCUT2D eigenvalue weighted by atomic mass is 9.60. The average molecular weight is 475 g/mol. The summed E-state index contributed by atoms with van der Waals surface area (Å²) in [4.78, 5) is 12.9. The van der Waals surface area contributed by atoms with Crippen LogP contribution in [0.5, 0.6) is 5.75 Å². The summed E-state index contributed by atoms with van der Waals surface area (Å²) in [6.45, 7) is 4.88. The Morgan fingerprint density at radius 1 is 1.18 bits per heavy atom. The molecule has 1 aromatic rings. The standard InChI is InChI=1S/C23H27FN4O4S/c1-22(2)11-17-20(18(29)12-22)23(15-13-25-27-21(15)26-17)6-8-28(9-7-23)33(30,31)19-10-14(32-3)4-5-16(19)24/h4-5,10,26H,6-9,11-13H2,1-3H3. The van der Waals surface area contributed by atoms with Gasteiger partial charge in [0.25, 0.3) is 0 Å². The Bertz CT molecular complexity index is 1240. The molecule has 0 radical (unpaired) electrons. The van der Waals surface area contributed by atoms with Gasteiger partial charge in [0.05, 0.1) is 13.7 Å². The fourth-order valence-electron chi connectivity index (χ4n) is 5.67. The highest BCUT2D eigenvalue weighted by Crippen LogP contribution is 2.55. The number of benzene rings is 1. The van der Waals surface area contributed by atoms with E-state index in [0.717, 1.165) is 29.3 Å².